The second kappa shape index (κ2) is 6.95. The Bertz CT molecular complexity index is 294. The van der Waals surface area contributed by atoms with Crippen molar-refractivity contribution in [3.05, 3.63) is 0 Å². The van der Waals surface area contributed by atoms with Crippen molar-refractivity contribution in [2.75, 3.05) is 0 Å². The summed E-state index contributed by atoms with van der Waals surface area (Å²) < 4.78 is 0. The van der Waals surface area contributed by atoms with Crippen LogP contribution in [0.2, 0.25) is 0 Å². The number of rotatable bonds is 5. The molecule has 1 fully saturated rings. The van der Waals surface area contributed by atoms with Crippen molar-refractivity contribution in [2.24, 2.45) is 11.3 Å². The third-order valence-corrected chi connectivity index (χ3v) is 3.41. The standard InChI is InChI=1S/C17H34O4/c1-15(2,3)20-18-14(19-21-16(4,5)6)13-10-9-11-17(7,8)12-13/h13-14H,9-12H2,1-8H3. The predicted molar refractivity (Wildman–Crippen MR) is 83.4 cm³/mol. The molecule has 1 rings (SSSR count). The van der Waals surface area contributed by atoms with Gasteiger partial charge in [0.15, 0.2) is 0 Å². The molecule has 1 aliphatic carbocycles. The quantitative estimate of drug-likeness (QED) is 0.406. The van der Waals surface area contributed by atoms with Gasteiger partial charge in [0, 0.05) is 5.92 Å². The van der Waals surface area contributed by atoms with Gasteiger partial charge in [-0.05, 0) is 66.2 Å². The second-order valence-electron chi connectivity index (χ2n) is 8.97. The van der Waals surface area contributed by atoms with E-state index in [1.165, 1.54) is 12.8 Å². The fraction of sp³-hybridized carbons (Fsp3) is 1.00. The van der Waals surface area contributed by atoms with E-state index < -0.39 is 6.29 Å². The summed E-state index contributed by atoms with van der Waals surface area (Å²) in [5.41, 5.74) is -0.418. The molecule has 0 amide bonds. The van der Waals surface area contributed by atoms with Crippen LogP contribution in [0, 0.1) is 11.3 Å². The van der Waals surface area contributed by atoms with Gasteiger partial charge in [-0.3, -0.25) is 0 Å². The first kappa shape index (κ1) is 18.9. The van der Waals surface area contributed by atoms with Crippen molar-refractivity contribution in [1.29, 1.82) is 0 Å². The molecule has 21 heavy (non-hydrogen) atoms. The molecular weight excluding hydrogens is 268 g/mol. The van der Waals surface area contributed by atoms with Crippen LogP contribution in [-0.4, -0.2) is 17.5 Å². The van der Waals surface area contributed by atoms with Gasteiger partial charge >= 0.3 is 0 Å². The third-order valence-electron chi connectivity index (χ3n) is 3.41. The first-order valence-corrected chi connectivity index (χ1v) is 8.07. The van der Waals surface area contributed by atoms with Gasteiger partial charge in [0.05, 0.1) is 11.2 Å². The lowest BCUT2D eigenvalue weighted by atomic mass is 9.72. The predicted octanol–water partition coefficient (Wildman–Crippen LogP) is 5.02. The molecule has 1 aliphatic rings. The molecule has 0 spiro atoms. The molecule has 0 bridgehead atoms. The van der Waals surface area contributed by atoms with Crippen molar-refractivity contribution >= 4 is 0 Å². The van der Waals surface area contributed by atoms with E-state index in [-0.39, 0.29) is 11.2 Å². The molecule has 0 aromatic heterocycles. The summed E-state index contributed by atoms with van der Waals surface area (Å²) in [5, 5.41) is 0. The highest BCUT2D eigenvalue weighted by Crippen LogP contribution is 2.41. The van der Waals surface area contributed by atoms with Crippen molar-refractivity contribution < 1.29 is 19.6 Å². The summed E-state index contributed by atoms with van der Waals surface area (Å²) >= 11 is 0. The molecule has 0 N–H and O–H groups in total. The normalized spacial score (nSPS) is 23.6. The zero-order chi connectivity index (χ0) is 16.3. The summed E-state index contributed by atoms with van der Waals surface area (Å²) in [6.45, 7) is 16.3. The lowest BCUT2D eigenvalue weighted by Gasteiger charge is -2.38. The SMILES string of the molecule is CC1(C)CCCC(C(OOC(C)(C)C)OOC(C)(C)C)C1. The average Bonchev–Trinajstić information content (AvgIpc) is 2.24. The average molecular weight is 302 g/mol. The van der Waals surface area contributed by atoms with E-state index in [9.17, 15) is 0 Å². The monoisotopic (exact) mass is 302 g/mol. The van der Waals surface area contributed by atoms with Crippen LogP contribution in [0.15, 0.2) is 0 Å². The van der Waals surface area contributed by atoms with E-state index in [1.54, 1.807) is 0 Å². The van der Waals surface area contributed by atoms with Crippen LogP contribution in [0.1, 0.15) is 81.1 Å². The van der Waals surface area contributed by atoms with Crippen LogP contribution in [-0.2, 0) is 19.6 Å². The molecule has 126 valence electrons. The summed E-state index contributed by atoms with van der Waals surface area (Å²) in [4.78, 5) is 22.1. The van der Waals surface area contributed by atoms with E-state index >= 15 is 0 Å². The maximum Gasteiger partial charge on any atom is 0.227 e. The highest BCUT2D eigenvalue weighted by Gasteiger charge is 2.36. The zero-order valence-electron chi connectivity index (χ0n) is 15.1. The molecule has 4 nitrogen and oxygen atoms in total. The maximum absolute atomic E-state index is 5.59. The van der Waals surface area contributed by atoms with E-state index in [0.29, 0.717) is 11.3 Å². The Morgan fingerprint density at radius 2 is 1.38 bits per heavy atom. The highest BCUT2D eigenvalue weighted by molar-refractivity contribution is 4.80. The molecule has 1 unspecified atom stereocenters. The lowest BCUT2D eigenvalue weighted by Crippen LogP contribution is -2.38. The summed E-state index contributed by atoms with van der Waals surface area (Å²) in [7, 11) is 0. The Morgan fingerprint density at radius 3 is 1.76 bits per heavy atom. The third kappa shape index (κ3) is 8.15. The number of hydrogen-bond acceptors (Lipinski definition) is 4. The van der Waals surface area contributed by atoms with Crippen LogP contribution in [0.25, 0.3) is 0 Å². The molecule has 4 heteroatoms. The second-order valence-corrected chi connectivity index (χ2v) is 8.97. The Balaban J connectivity index is 2.66. The van der Waals surface area contributed by atoms with Gasteiger partial charge in [-0.15, -0.1) is 0 Å². The smallest absolute Gasteiger partial charge is 0.227 e. The molecule has 0 aromatic carbocycles. The summed E-state index contributed by atoms with van der Waals surface area (Å²) in [6.07, 6.45) is 4.08. The largest absolute Gasteiger partial charge is 0.228 e. The minimum absolute atomic E-state index is 0.290. The minimum Gasteiger partial charge on any atom is -0.228 e. The maximum atomic E-state index is 5.59. The van der Waals surface area contributed by atoms with E-state index in [2.05, 4.69) is 13.8 Å². The molecule has 0 heterocycles. The first-order chi connectivity index (χ1) is 9.38. The Morgan fingerprint density at radius 1 is 0.905 bits per heavy atom. The molecule has 0 aliphatic heterocycles. The van der Waals surface area contributed by atoms with Crippen LogP contribution in [0.5, 0.6) is 0 Å². The highest BCUT2D eigenvalue weighted by atomic mass is 17.3. The molecular formula is C17H34O4. The van der Waals surface area contributed by atoms with Crippen LogP contribution >= 0.6 is 0 Å². The van der Waals surface area contributed by atoms with Gasteiger partial charge in [0.2, 0.25) is 6.29 Å². The number of hydrogen-bond donors (Lipinski definition) is 0. The van der Waals surface area contributed by atoms with E-state index in [1.807, 2.05) is 41.5 Å². The van der Waals surface area contributed by atoms with E-state index in [0.717, 1.165) is 12.8 Å². The van der Waals surface area contributed by atoms with Gasteiger partial charge in [0.25, 0.3) is 0 Å². The van der Waals surface area contributed by atoms with Gasteiger partial charge in [-0.1, -0.05) is 20.3 Å². The Kier molecular flexibility index (Phi) is 6.25. The van der Waals surface area contributed by atoms with Crippen molar-refractivity contribution in [3.8, 4) is 0 Å². The van der Waals surface area contributed by atoms with Crippen LogP contribution < -0.4 is 0 Å². The van der Waals surface area contributed by atoms with Crippen molar-refractivity contribution in [3.63, 3.8) is 0 Å². The van der Waals surface area contributed by atoms with Gasteiger partial charge in [-0.2, -0.15) is 0 Å². The first-order valence-electron chi connectivity index (χ1n) is 8.07. The fourth-order valence-corrected chi connectivity index (χ4v) is 2.55. The zero-order valence-corrected chi connectivity index (χ0v) is 15.1. The van der Waals surface area contributed by atoms with Crippen LogP contribution in [0.4, 0.5) is 0 Å². The molecule has 0 saturated heterocycles. The minimum atomic E-state index is -0.483. The summed E-state index contributed by atoms with van der Waals surface area (Å²) in [6, 6.07) is 0. The van der Waals surface area contributed by atoms with Crippen molar-refractivity contribution in [1.82, 2.24) is 0 Å². The lowest BCUT2D eigenvalue weighted by molar-refractivity contribution is -0.507. The van der Waals surface area contributed by atoms with E-state index in [4.69, 9.17) is 19.6 Å². The Labute approximate surface area is 130 Å². The van der Waals surface area contributed by atoms with Crippen LogP contribution in [0.3, 0.4) is 0 Å². The summed E-state index contributed by atoms with van der Waals surface area (Å²) in [5.74, 6) is 0.290. The Hall–Kier alpha value is -0.160. The van der Waals surface area contributed by atoms with Gasteiger partial charge in [0.1, 0.15) is 0 Å². The fourth-order valence-electron chi connectivity index (χ4n) is 2.55. The topological polar surface area (TPSA) is 36.9 Å². The molecule has 1 saturated carbocycles. The van der Waals surface area contributed by atoms with Crippen molar-refractivity contribution in [2.45, 2.75) is 98.6 Å². The molecule has 0 radical (unpaired) electrons. The van der Waals surface area contributed by atoms with Gasteiger partial charge in [-0.25, -0.2) is 19.6 Å². The molecule has 0 aromatic rings. The van der Waals surface area contributed by atoms with Gasteiger partial charge < -0.3 is 0 Å². The molecule has 1 atom stereocenters.